The van der Waals surface area contributed by atoms with Crippen LogP contribution in [0.5, 0.6) is 0 Å². The molecule has 1 amide bonds. The summed E-state index contributed by atoms with van der Waals surface area (Å²) in [4.78, 5) is 14.5. The van der Waals surface area contributed by atoms with Crippen LogP contribution in [0, 0.1) is 0 Å². The summed E-state index contributed by atoms with van der Waals surface area (Å²) in [6, 6.07) is 20.4. The maximum absolute atomic E-state index is 12.1. The van der Waals surface area contributed by atoms with Gasteiger partial charge < -0.3 is 10.1 Å². The summed E-state index contributed by atoms with van der Waals surface area (Å²) < 4.78 is 5.61. The van der Waals surface area contributed by atoms with E-state index in [9.17, 15) is 4.79 Å². The van der Waals surface area contributed by atoms with Crippen molar-refractivity contribution in [2.75, 3.05) is 13.1 Å². The monoisotopic (exact) mass is 338 g/mol. The quantitative estimate of drug-likeness (QED) is 0.891. The summed E-state index contributed by atoms with van der Waals surface area (Å²) in [7, 11) is 0. The molecule has 0 aromatic heterocycles. The molecule has 2 aromatic carbocycles. The molecular formula is C21H26N2O2. The average Bonchev–Trinajstić information content (AvgIpc) is 2.65. The van der Waals surface area contributed by atoms with Gasteiger partial charge in [-0.05, 0) is 30.9 Å². The smallest absolute Gasteiger partial charge is 0.407 e. The number of benzene rings is 2. The summed E-state index contributed by atoms with van der Waals surface area (Å²) in [5, 5.41) is 2.92. The van der Waals surface area contributed by atoms with Gasteiger partial charge in [0.05, 0.1) is 6.04 Å². The van der Waals surface area contributed by atoms with E-state index < -0.39 is 0 Å². The molecule has 0 aliphatic carbocycles. The molecule has 1 unspecified atom stereocenters. The second-order valence-corrected chi connectivity index (χ2v) is 6.64. The van der Waals surface area contributed by atoms with Crippen LogP contribution in [0.15, 0.2) is 60.7 Å². The second kappa shape index (κ2) is 8.67. The summed E-state index contributed by atoms with van der Waals surface area (Å²) in [5.41, 5.74) is 2.41. The fraction of sp³-hybridized carbons (Fsp3) is 0.381. The molecule has 132 valence electrons. The number of nitrogens with zero attached hydrogens (tertiary/aromatic N) is 1. The summed E-state index contributed by atoms with van der Waals surface area (Å²) >= 11 is 0. The van der Waals surface area contributed by atoms with Gasteiger partial charge in [-0.3, -0.25) is 4.90 Å². The van der Waals surface area contributed by atoms with Crippen molar-refractivity contribution in [3.8, 4) is 0 Å². The predicted molar refractivity (Wildman–Crippen MR) is 99.2 cm³/mol. The maximum atomic E-state index is 12.1. The molecular weight excluding hydrogens is 312 g/mol. The van der Waals surface area contributed by atoms with Crippen LogP contribution < -0.4 is 5.32 Å². The van der Waals surface area contributed by atoms with Crippen molar-refractivity contribution in [2.45, 2.75) is 38.5 Å². The minimum atomic E-state index is -0.321. The Kier molecular flexibility index (Phi) is 6.07. The Hall–Kier alpha value is -2.33. The zero-order valence-corrected chi connectivity index (χ0v) is 14.7. The van der Waals surface area contributed by atoms with Crippen LogP contribution in [0.3, 0.4) is 0 Å². The molecule has 1 atom stereocenters. The number of carbonyl (C=O) groups is 1. The van der Waals surface area contributed by atoms with E-state index in [0.717, 1.165) is 38.0 Å². The normalized spacial score (nSPS) is 17.0. The fourth-order valence-corrected chi connectivity index (χ4v) is 3.21. The van der Waals surface area contributed by atoms with Gasteiger partial charge in [0.2, 0.25) is 0 Å². The van der Waals surface area contributed by atoms with Gasteiger partial charge in [0, 0.05) is 19.6 Å². The number of carbonyl (C=O) groups excluding carboxylic acids is 1. The molecule has 0 saturated carbocycles. The lowest BCUT2D eigenvalue weighted by atomic mass is 10.1. The number of hydrogen-bond acceptors (Lipinski definition) is 3. The number of ether oxygens (including phenoxy) is 1. The van der Waals surface area contributed by atoms with Crippen molar-refractivity contribution < 1.29 is 9.53 Å². The van der Waals surface area contributed by atoms with E-state index in [-0.39, 0.29) is 18.2 Å². The van der Waals surface area contributed by atoms with Crippen molar-refractivity contribution in [2.24, 2.45) is 0 Å². The van der Waals surface area contributed by atoms with Crippen LogP contribution >= 0.6 is 0 Å². The Morgan fingerprint density at radius 3 is 2.32 bits per heavy atom. The number of hydrogen-bond donors (Lipinski definition) is 1. The minimum absolute atomic E-state index is 0.00926. The SMILES string of the molecule is CC(NC(=O)OC1CCN(Cc2ccccc2)CC1)c1ccccc1. The number of amides is 1. The Morgan fingerprint density at radius 2 is 1.68 bits per heavy atom. The largest absolute Gasteiger partial charge is 0.446 e. The fourth-order valence-electron chi connectivity index (χ4n) is 3.21. The number of rotatable bonds is 5. The van der Waals surface area contributed by atoms with Crippen LogP contribution in [-0.4, -0.2) is 30.2 Å². The topological polar surface area (TPSA) is 41.6 Å². The van der Waals surface area contributed by atoms with Crippen LogP contribution in [0.25, 0.3) is 0 Å². The first-order valence-electron chi connectivity index (χ1n) is 8.99. The van der Waals surface area contributed by atoms with Gasteiger partial charge in [-0.25, -0.2) is 4.79 Å². The van der Waals surface area contributed by atoms with Gasteiger partial charge in [-0.2, -0.15) is 0 Å². The molecule has 0 bridgehead atoms. The third-order valence-electron chi connectivity index (χ3n) is 4.69. The Labute approximate surface area is 149 Å². The van der Waals surface area contributed by atoms with Crippen molar-refractivity contribution in [3.63, 3.8) is 0 Å². The van der Waals surface area contributed by atoms with E-state index in [1.807, 2.05) is 43.3 Å². The molecule has 2 aromatic rings. The molecule has 1 heterocycles. The first-order valence-corrected chi connectivity index (χ1v) is 8.99. The van der Waals surface area contributed by atoms with E-state index in [1.165, 1.54) is 5.56 Å². The van der Waals surface area contributed by atoms with Gasteiger partial charge in [0.25, 0.3) is 0 Å². The highest BCUT2D eigenvalue weighted by atomic mass is 16.6. The first kappa shape index (κ1) is 17.5. The molecule has 1 saturated heterocycles. The third-order valence-corrected chi connectivity index (χ3v) is 4.69. The van der Waals surface area contributed by atoms with Crippen LogP contribution in [-0.2, 0) is 11.3 Å². The van der Waals surface area contributed by atoms with E-state index in [1.54, 1.807) is 0 Å². The summed E-state index contributed by atoms with van der Waals surface area (Å²) in [6.07, 6.45) is 1.47. The van der Waals surface area contributed by atoms with Crippen molar-refractivity contribution in [1.29, 1.82) is 0 Å². The molecule has 1 N–H and O–H groups in total. The molecule has 1 aliphatic heterocycles. The number of alkyl carbamates (subject to hydrolysis) is 1. The first-order chi connectivity index (χ1) is 12.2. The van der Waals surface area contributed by atoms with Gasteiger partial charge in [-0.1, -0.05) is 60.7 Å². The summed E-state index contributed by atoms with van der Waals surface area (Å²) in [5.74, 6) is 0. The minimum Gasteiger partial charge on any atom is -0.446 e. The molecule has 4 heteroatoms. The number of nitrogens with one attached hydrogen (secondary N) is 1. The zero-order chi connectivity index (χ0) is 17.5. The lowest BCUT2D eigenvalue weighted by molar-refractivity contribution is 0.0473. The van der Waals surface area contributed by atoms with Crippen molar-refractivity contribution in [3.05, 3.63) is 71.8 Å². The van der Waals surface area contributed by atoms with Crippen molar-refractivity contribution in [1.82, 2.24) is 10.2 Å². The Balaban J connectivity index is 1.40. The van der Waals surface area contributed by atoms with Crippen LogP contribution in [0.4, 0.5) is 4.79 Å². The number of piperidine rings is 1. The van der Waals surface area contributed by atoms with Crippen molar-refractivity contribution >= 4 is 6.09 Å². The number of likely N-dealkylation sites (tertiary alicyclic amines) is 1. The van der Waals surface area contributed by atoms with Gasteiger partial charge >= 0.3 is 6.09 Å². The van der Waals surface area contributed by atoms with E-state index in [4.69, 9.17) is 4.74 Å². The van der Waals surface area contributed by atoms with Crippen LogP contribution in [0.1, 0.15) is 36.9 Å². The lowest BCUT2D eigenvalue weighted by Crippen LogP contribution is -2.39. The lowest BCUT2D eigenvalue weighted by Gasteiger charge is -2.31. The van der Waals surface area contributed by atoms with Gasteiger partial charge in [0.15, 0.2) is 0 Å². The second-order valence-electron chi connectivity index (χ2n) is 6.64. The Morgan fingerprint density at radius 1 is 1.08 bits per heavy atom. The van der Waals surface area contributed by atoms with E-state index in [2.05, 4.69) is 34.5 Å². The third kappa shape index (κ3) is 5.33. The van der Waals surface area contributed by atoms with Gasteiger partial charge in [0.1, 0.15) is 6.10 Å². The molecule has 0 spiro atoms. The standard InChI is InChI=1S/C21H26N2O2/c1-17(19-10-6-3-7-11-19)22-21(24)25-20-12-14-23(15-13-20)16-18-8-4-2-5-9-18/h2-11,17,20H,12-16H2,1H3,(H,22,24). The highest BCUT2D eigenvalue weighted by Gasteiger charge is 2.23. The predicted octanol–water partition coefficient (Wildman–Crippen LogP) is 4.14. The molecule has 25 heavy (non-hydrogen) atoms. The van der Waals surface area contributed by atoms with Crippen LogP contribution in [0.2, 0.25) is 0 Å². The Bertz CT molecular complexity index is 652. The highest BCUT2D eigenvalue weighted by Crippen LogP contribution is 2.17. The average molecular weight is 338 g/mol. The molecule has 0 radical (unpaired) electrons. The van der Waals surface area contributed by atoms with Gasteiger partial charge in [-0.15, -0.1) is 0 Å². The van der Waals surface area contributed by atoms with E-state index >= 15 is 0 Å². The molecule has 1 fully saturated rings. The van der Waals surface area contributed by atoms with E-state index in [0.29, 0.717) is 0 Å². The highest BCUT2D eigenvalue weighted by molar-refractivity contribution is 5.68. The maximum Gasteiger partial charge on any atom is 0.407 e. The summed E-state index contributed by atoms with van der Waals surface area (Å²) in [6.45, 7) is 4.85. The molecule has 1 aliphatic rings. The molecule has 4 nitrogen and oxygen atoms in total. The zero-order valence-electron chi connectivity index (χ0n) is 14.7. The molecule has 3 rings (SSSR count).